The Balaban J connectivity index is 2.16. The molecule has 0 radical (unpaired) electrons. The van der Waals surface area contributed by atoms with Crippen molar-refractivity contribution in [1.82, 2.24) is 0 Å². The van der Waals surface area contributed by atoms with Crippen molar-refractivity contribution in [3.63, 3.8) is 0 Å². The highest BCUT2D eigenvalue weighted by molar-refractivity contribution is 5.79. The molecule has 2 fully saturated rings. The highest BCUT2D eigenvalue weighted by Gasteiger charge is 2.51. The monoisotopic (exact) mass is 211 g/mol. The van der Waals surface area contributed by atoms with E-state index >= 15 is 0 Å². The van der Waals surface area contributed by atoms with Gasteiger partial charge in [-0.2, -0.15) is 0 Å². The summed E-state index contributed by atoms with van der Waals surface area (Å²) in [6, 6.07) is 0. The van der Waals surface area contributed by atoms with Gasteiger partial charge in [0.05, 0.1) is 5.60 Å². The van der Waals surface area contributed by atoms with Gasteiger partial charge in [0, 0.05) is 24.8 Å². The lowest BCUT2D eigenvalue weighted by molar-refractivity contribution is -0.137. The van der Waals surface area contributed by atoms with Gasteiger partial charge in [0.1, 0.15) is 5.78 Å². The molecule has 0 aromatic rings. The zero-order chi connectivity index (χ0) is 10.9. The van der Waals surface area contributed by atoms with Crippen LogP contribution in [0.5, 0.6) is 0 Å². The van der Waals surface area contributed by atoms with Gasteiger partial charge in [0.25, 0.3) is 0 Å². The lowest BCUT2D eigenvalue weighted by atomic mass is 9.64. The second-order valence-electron chi connectivity index (χ2n) is 5.26. The van der Waals surface area contributed by atoms with Gasteiger partial charge in [0.15, 0.2) is 0 Å². The molecule has 2 rings (SSSR count). The van der Waals surface area contributed by atoms with Crippen molar-refractivity contribution in [1.29, 1.82) is 0 Å². The molecule has 0 unspecified atom stereocenters. The van der Waals surface area contributed by atoms with Crippen LogP contribution in [-0.4, -0.2) is 23.0 Å². The van der Waals surface area contributed by atoms with Gasteiger partial charge in [0.2, 0.25) is 0 Å². The molecule has 3 heteroatoms. The Morgan fingerprint density at radius 2 is 1.67 bits per heavy atom. The average molecular weight is 211 g/mol. The summed E-state index contributed by atoms with van der Waals surface area (Å²) < 4.78 is 0. The van der Waals surface area contributed by atoms with Gasteiger partial charge in [-0.3, -0.25) is 4.79 Å². The highest BCUT2D eigenvalue weighted by Crippen LogP contribution is 2.51. The van der Waals surface area contributed by atoms with Crippen molar-refractivity contribution < 1.29 is 9.90 Å². The van der Waals surface area contributed by atoms with Crippen LogP contribution in [-0.2, 0) is 4.79 Å². The summed E-state index contributed by atoms with van der Waals surface area (Å²) >= 11 is 0. The largest absolute Gasteiger partial charge is 0.389 e. The molecule has 0 aromatic carbocycles. The molecule has 0 heterocycles. The Morgan fingerprint density at radius 3 is 2.13 bits per heavy atom. The highest BCUT2D eigenvalue weighted by atomic mass is 16.3. The maximum absolute atomic E-state index is 11.2. The summed E-state index contributed by atoms with van der Waals surface area (Å²) in [4.78, 5) is 11.2. The third-order valence-corrected chi connectivity index (χ3v) is 4.57. The predicted molar refractivity (Wildman–Crippen MR) is 58.4 cm³/mol. The van der Waals surface area contributed by atoms with E-state index in [4.69, 9.17) is 5.73 Å². The first-order valence-electron chi connectivity index (χ1n) is 6.06. The van der Waals surface area contributed by atoms with E-state index in [1.54, 1.807) is 0 Å². The van der Waals surface area contributed by atoms with Crippen molar-refractivity contribution in [2.45, 2.75) is 57.0 Å². The summed E-state index contributed by atoms with van der Waals surface area (Å²) in [5, 5.41) is 10.7. The van der Waals surface area contributed by atoms with Gasteiger partial charge in [-0.05, 0) is 25.7 Å². The Morgan fingerprint density at radius 1 is 1.13 bits per heavy atom. The molecule has 3 nitrogen and oxygen atoms in total. The molecule has 0 spiro atoms. The minimum absolute atomic E-state index is 0.0896. The molecule has 0 saturated heterocycles. The number of nitrogens with two attached hydrogens (primary N) is 1. The molecule has 2 aliphatic rings. The maximum atomic E-state index is 11.2. The summed E-state index contributed by atoms with van der Waals surface area (Å²) in [6.07, 6.45) is 6.76. The number of ketones is 1. The number of carbonyl (C=O) groups excluding carboxylic acids is 1. The topological polar surface area (TPSA) is 63.3 Å². The van der Waals surface area contributed by atoms with Crippen LogP contribution < -0.4 is 5.73 Å². The van der Waals surface area contributed by atoms with Crippen molar-refractivity contribution in [2.24, 2.45) is 11.1 Å². The van der Waals surface area contributed by atoms with E-state index < -0.39 is 5.60 Å². The van der Waals surface area contributed by atoms with Crippen LogP contribution in [0.2, 0.25) is 0 Å². The van der Waals surface area contributed by atoms with Crippen LogP contribution in [0, 0.1) is 5.41 Å². The zero-order valence-corrected chi connectivity index (χ0v) is 9.30. The van der Waals surface area contributed by atoms with Gasteiger partial charge >= 0.3 is 0 Å². The third-order valence-electron chi connectivity index (χ3n) is 4.57. The summed E-state index contributed by atoms with van der Waals surface area (Å²) in [6.45, 7) is 0.567. The Labute approximate surface area is 91.0 Å². The van der Waals surface area contributed by atoms with E-state index in [-0.39, 0.29) is 5.41 Å². The molecule has 86 valence electrons. The smallest absolute Gasteiger partial charge is 0.133 e. The maximum Gasteiger partial charge on any atom is 0.133 e. The average Bonchev–Trinajstić information content (AvgIpc) is 2.73. The molecule has 2 saturated carbocycles. The number of rotatable bonds is 2. The van der Waals surface area contributed by atoms with E-state index in [1.165, 1.54) is 12.8 Å². The molecule has 0 aromatic heterocycles. The predicted octanol–water partition coefficient (Wildman–Crippen LogP) is 1.38. The van der Waals surface area contributed by atoms with Crippen LogP contribution in [0.25, 0.3) is 0 Å². The fraction of sp³-hybridized carbons (Fsp3) is 0.917. The molecular weight excluding hydrogens is 190 g/mol. The molecule has 3 N–H and O–H groups in total. The number of hydrogen-bond donors (Lipinski definition) is 2. The second kappa shape index (κ2) is 3.87. The Hall–Kier alpha value is -0.410. The van der Waals surface area contributed by atoms with Crippen molar-refractivity contribution >= 4 is 5.78 Å². The number of hydrogen-bond acceptors (Lipinski definition) is 3. The van der Waals surface area contributed by atoms with Crippen molar-refractivity contribution in [2.75, 3.05) is 6.54 Å². The fourth-order valence-electron chi connectivity index (χ4n) is 3.38. The van der Waals surface area contributed by atoms with E-state index in [2.05, 4.69) is 0 Å². The van der Waals surface area contributed by atoms with Gasteiger partial charge in [-0.15, -0.1) is 0 Å². The first-order valence-corrected chi connectivity index (χ1v) is 6.06. The molecule has 0 bridgehead atoms. The third kappa shape index (κ3) is 1.72. The van der Waals surface area contributed by atoms with Crippen LogP contribution in [0.4, 0.5) is 0 Å². The van der Waals surface area contributed by atoms with E-state index in [0.717, 1.165) is 12.8 Å². The fourth-order valence-corrected chi connectivity index (χ4v) is 3.38. The number of aliphatic hydroxyl groups is 1. The lowest BCUT2D eigenvalue weighted by Crippen LogP contribution is -2.53. The summed E-state index contributed by atoms with van der Waals surface area (Å²) in [5.74, 6) is 0.296. The van der Waals surface area contributed by atoms with Gasteiger partial charge < -0.3 is 10.8 Å². The standard InChI is InChI=1S/C12H21NO2/c13-9-11(5-1-2-6-11)12(15)7-3-10(14)4-8-12/h15H,1-9,13H2. The van der Waals surface area contributed by atoms with Crippen LogP contribution >= 0.6 is 0 Å². The Bertz CT molecular complexity index is 246. The van der Waals surface area contributed by atoms with Crippen molar-refractivity contribution in [3.8, 4) is 0 Å². The first kappa shape index (κ1) is 11.1. The lowest BCUT2D eigenvalue weighted by Gasteiger charge is -2.46. The number of carbonyl (C=O) groups is 1. The molecule has 0 aliphatic heterocycles. The van der Waals surface area contributed by atoms with Crippen molar-refractivity contribution in [3.05, 3.63) is 0 Å². The van der Waals surface area contributed by atoms with Crippen LogP contribution in [0.3, 0.4) is 0 Å². The second-order valence-corrected chi connectivity index (χ2v) is 5.26. The molecular formula is C12H21NO2. The van der Waals surface area contributed by atoms with Gasteiger partial charge in [-0.1, -0.05) is 12.8 Å². The zero-order valence-electron chi connectivity index (χ0n) is 9.30. The normalized spacial score (nSPS) is 29.3. The number of Topliss-reactive ketones (excluding diaryl/α,β-unsaturated/α-hetero) is 1. The molecule has 2 aliphatic carbocycles. The molecule has 0 amide bonds. The minimum atomic E-state index is -0.661. The van der Waals surface area contributed by atoms with Crippen LogP contribution in [0.15, 0.2) is 0 Å². The van der Waals surface area contributed by atoms with Gasteiger partial charge in [-0.25, -0.2) is 0 Å². The van der Waals surface area contributed by atoms with E-state index in [9.17, 15) is 9.90 Å². The van der Waals surface area contributed by atoms with E-state index in [0.29, 0.717) is 38.0 Å². The first-order chi connectivity index (χ1) is 7.12. The Kier molecular flexibility index (Phi) is 2.86. The van der Waals surface area contributed by atoms with E-state index in [1.807, 2.05) is 0 Å². The molecule has 15 heavy (non-hydrogen) atoms. The minimum Gasteiger partial charge on any atom is -0.389 e. The summed E-state index contributed by atoms with van der Waals surface area (Å²) in [5.41, 5.74) is 5.12. The SMILES string of the molecule is NCC1(C2(O)CCC(=O)CC2)CCCC1. The summed E-state index contributed by atoms with van der Waals surface area (Å²) in [7, 11) is 0. The molecule has 0 atom stereocenters. The van der Waals surface area contributed by atoms with Crippen LogP contribution in [0.1, 0.15) is 51.4 Å². The quantitative estimate of drug-likeness (QED) is 0.725.